The molecular formula is C12H14N2O9S. The standard InChI is InChI=1S/C12H14N2O9S/c15-8-1-2-9(16)13(8)6-7(24(20,21)22)5-12(19)23-14-10(17)3-4-11(14)18/h1-2,7,10,17H,3-6H2,(H,20,21,22). The van der Waals surface area contributed by atoms with Crippen LogP contribution in [0.5, 0.6) is 0 Å². The quantitative estimate of drug-likeness (QED) is 0.401. The van der Waals surface area contributed by atoms with Crippen LogP contribution in [0.2, 0.25) is 0 Å². The minimum Gasteiger partial charge on any atom is -0.370 e. The molecule has 2 rings (SSSR count). The molecule has 0 aliphatic carbocycles. The van der Waals surface area contributed by atoms with Gasteiger partial charge in [-0.2, -0.15) is 8.42 Å². The Balaban J connectivity index is 2.04. The maximum atomic E-state index is 11.8. The van der Waals surface area contributed by atoms with Gasteiger partial charge in [-0.1, -0.05) is 0 Å². The van der Waals surface area contributed by atoms with E-state index >= 15 is 0 Å². The van der Waals surface area contributed by atoms with Crippen LogP contribution in [0.3, 0.4) is 0 Å². The first-order valence-corrected chi connectivity index (χ1v) is 8.30. The van der Waals surface area contributed by atoms with Gasteiger partial charge in [-0.05, 0) is 0 Å². The van der Waals surface area contributed by atoms with E-state index < -0.39 is 58.3 Å². The normalized spacial score (nSPS) is 22.4. The Morgan fingerprint density at radius 2 is 1.88 bits per heavy atom. The fraction of sp³-hybridized carbons (Fsp3) is 0.500. The molecule has 0 radical (unpaired) electrons. The van der Waals surface area contributed by atoms with E-state index in [1.165, 1.54) is 0 Å². The van der Waals surface area contributed by atoms with Crippen LogP contribution < -0.4 is 0 Å². The lowest BCUT2D eigenvalue weighted by atomic mass is 10.3. The summed E-state index contributed by atoms with van der Waals surface area (Å²) in [5.74, 6) is -3.45. The lowest BCUT2D eigenvalue weighted by molar-refractivity contribution is -0.220. The second-order valence-electron chi connectivity index (χ2n) is 5.16. The van der Waals surface area contributed by atoms with Crippen LogP contribution in [0.1, 0.15) is 19.3 Å². The number of rotatable bonds is 6. The molecule has 0 spiro atoms. The van der Waals surface area contributed by atoms with Crippen molar-refractivity contribution in [3.8, 4) is 0 Å². The molecule has 0 aromatic rings. The molecule has 1 fully saturated rings. The van der Waals surface area contributed by atoms with E-state index in [1.54, 1.807) is 0 Å². The van der Waals surface area contributed by atoms with Crippen molar-refractivity contribution in [2.24, 2.45) is 0 Å². The number of carbonyl (C=O) groups excluding carboxylic acids is 4. The molecule has 0 aromatic carbocycles. The number of imide groups is 1. The number of aliphatic hydroxyl groups is 1. The number of hydroxylamine groups is 2. The predicted molar refractivity (Wildman–Crippen MR) is 74.0 cm³/mol. The number of hydrogen-bond acceptors (Lipinski definition) is 8. The highest BCUT2D eigenvalue weighted by Crippen LogP contribution is 2.18. The first kappa shape index (κ1) is 18.0. The van der Waals surface area contributed by atoms with Crippen molar-refractivity contribution < 1.29 is 42.1 Å². The van der Waals surface area contributed by atoms with E-state index in [4.69, 9.17) is 0 Å². The molecule has 12 heteroatoms. The lowest BCUT2D eigenvalue weighted by Crippen LogP contribution is -2.42. The summed E-state index contributed by atoms with van der Waals surface area (Å²) in [5.41, 5.74) is 0. The first-order valence-electron chi connectivity index (χ1n) is 6.80. The number of amides is 3. The van der Waals surface area contributed by atoms with Gasteiger partial charge in [-0.15, -0.1) is 5.06 Å². The molecule has 24 heavy (non-hydrogen) atoms. The maximum Gasteiger partial charge on any atom is 0.334 e. The first-order chi connectivity index (χ1) is 11.1. The molecule has 0 bridgehead atoms. The van der Waals surface area contributed by atoms with Gasteiger partial charge in [0.05, 0.1) is 6.42 Å². The Morgan fingerprint density at radius 1 is 1.29 bits per heavy atom. The minimum absolute atomic E-state index is 0.0430. The molecule has 1 saturated heterocycles. The van der Waals surface area contributed by atoms with Crippen molar-refractivity contribution in [2.75, 3.05) is 6.54 Å². The van der Waals surface area contributed by atoms with Crippen LogP contribution in [0.25, 0.3) is 0 Å². The van der Waals surface area contributed by atoms with Crippen molar-refractivity contribution in [1.29, 1.82) is 0 Å². The minimum atomic E-state index is -4.80. The van der Waals surface area contributed by atoms with Crippen LogP contribution in [0.4, 0.5) is 0 Å². The Morgan fingerprint density at radius 3 is 2.33 bits per heavy atom. The van der Waals surface area contributed by atoms with Gasteiger partial charge in [-0.25, -0.2) is 4.79 Å². The highest BCUT2D eigenvalue weighted by atomic mass is 32.2. The fourth-order valence-electron chi connectivity index (χ4n) is 2.17. The maximum absolute atomic E-state index is 11.8. The zero-order valence-electron chi connectivity index (χ0n) is 12.2. The highest BCUT2D eigenvalue weighted by Gasteiger charge is 2.37. The van der Waals surface area contributed by atoms with Gasteiger partial charge in [-0.3, -0.25) is 23.8 Å². The summed E-state index contributed by atoms with van der Waals surface area (Å²) in [4.78, 5) is 51.2. The van der Waals surface area contributed by atoms with E-state index in [0.717, 1.165) is 12.2 Å². The molecule has 2 atom stereocenters. The Hall–Kier alpha value is -2.31. The van der Waals surface area contributed by atoms with E-state index in [9.17, 15) is 37.3 Å². The van der Waals surface area contributed by atoms with Gasteiger partial charge in [0.15, 0.2) is 6.23 Å². The van der Waals surface area contributed by atoms with Gasteiger partial charge < -0.3 is 9.94 Å². The van der Waals surface area contributed by atoms with Gasteiger partial charge >= 0.3 is 5.97 Å². The summed E-state index contributed by atoms with van der Waals surface area (Å²) in [5, 5.41) is 8.04. The molecule has 3 amide bonds. The smallest absolute Gasteiger partial charge is 0.334 e. The number of hydrogen-bond donors (Lipinski definition) is 2. The van der Waals surface area contributed by atoms with Crippen LogP contribution >= 0.6 is 0 Å². The van der Waals surface area contributed by atoms with E-state index in [0.29, 0.717) is 9.96 Å². The second-order valence-corrected chi connectivity index (χ2v) is 6.86. The lowest BCUT2D eigenvalue weighted by Gasteiger charge is -2.22. The average molecular weight is 362 g/mol. The van der Waals surface area contributed by atoms with E-state index in [2.05, 4.69) is 4.84 Å². The van der Waals surface area contributed by atoms with Crippen LogP contribution in [-0.4, -0.2) is 69.8 Å². The monoisotopic (exact) mass is 362 g/mol. The SMILES string of the molecule is O=C(CC(CN1C(=O)C=CC1=O)S(=O)(=O)O)ON1C(=O)CCC1O. The zero-order chi connectivity index (χ0) is 18.1. The summed E-state index contributed by atoms with van der Waals surface area (Å²) in [7, 11) is -4.80. The molecule has 2 aliphatic heterocycles. The highest BCUT2D eigenvalue weighted by molar-refractivity contribution is 7.86. The summed E-state index contributed by atoms with van der Waals surface area (Å²) >= 11 is 0. The third-order valence-corrected chi connectivity index (χ3v) is 4.59. The molecular weight excluding hydrogens is 348 g/mol. The summed E-state index contributed by atoms with van der Waals surface area (Å²) < 4.78 is 32.0. The number of nitrogens with zero attached hydrogens (tertiary/aromatic N) is 2. The van der Waals surface area contributed by atoms with Crippen molar-refractivity contribution in [3.05, 3.63) is 12.2 Å². The molecule has 2 unspecified atom stereocenters. The summed E-state index contributed by atoms with van der Waals surface area (Å²) in [6.45, 7) is -0.755. The van der Waals surface area contributed by atoms with Crippen molar-refractivity contribution in [3.63, 3.8) is 0 Å². The van der Waals surface area contributed by atoms with E-state index in [1.807, 2.05) is 0 Å². The molecule has 0 saturated carbocycles. The van der Waals surface area contributed by atoms with E-state index in [-0.39, 0.29) is 12.8 Å². The van der Waals surface area contributed by atoms with Crippen LogP contribution in [-0.2, 0) is 34.1 Å². The largest absolute Gasteiger partial charge is 0.370 e. The predicted octanol–water partition coefficient (Wildman–Crippen LogP) is -2.04. The number of aliphatic hydroxyl groups excluding tert-OH is 1. The fourth-order valence-corrected chi connectivity index (χ4v) is 2.85. The van der Waals surface area contributed by atoms with Gasteiger partial charge in [0, 0.05) is 31.5 Å². The summed E-state index contributed by atoms with van der Waals surface area (Å²) in [6, 6.07) is 0. The molecule has 2 N–H and O–H groups in total. The third-order valence-electron chi connectivity index (χ3n) is 3.44. The van der Waals surface area contributed by atoms with Gasteiger partial charge in [0.2, 0.25) is 0 Å². The number of carbonyl (C=O) groups is 4. The molecule has 2 aliphatic rings. The Labute approximate surface area is 136 Å². The molecule has 132 valence electrons. The van der Waals surface area contributed by atoms with Gasteiger partial charge in [0.1, 0.15) is 5.25 Å². The second kappa shape index (κ2) is 6.67. The molecule has 2 heterocycles. The van der Waals surface area contributed by atoms with Crippen LogP contribution in [0, 0.1) is 0 Å². The Bertz CT molecular complexity index is 696. The average Bonchev–Trinajstić information content (AvgIpc) is 2.95. The van der Waals surface area contributed by atoms with Gasteiger partial charge in [0.25, 0.3) is 27.8 Å². The topological polar surface area (TPSA) is 159 Å². The third kappa shape index (κ3) is 3.96. The summed E-state index contributed by atoms with van der Waals surface area (Å²) in [6.07, 6.45) is -0.417. The Kier molecular flexibility index (Phi) is 5.01. The van der Waals surface area contributed by atoms with Crippen molar-refractivity contribution >= 4 is 33.8 Å². The zero-order valence-corrected chi connectivity index (χ0v) is 13.0. The van der Waals surface area contributed by atoms with Crippen LogP contribution in [0.15, 0.2) is 12.2 Å². The van der Waals surface area contributed by atoms with Crippen molar-refractivity contribution in [2.45, 2.75) is 30.7 Å². The molecule has 0 aromatic heterocycles. The van der Waals surface area contributed by atoms with Crippen molar-refractivity contribution in [1.82, 2.24) is 9.96 Å². The molecule has 11 nitrogen and oxygen atoms in total.